The van der Waals surface area contributed by atoms with Gasteiger partial charge in [-0.05, 0) is 13.3 Å². The number of aliphatic hydroxyl groups excluding tert-OH is 2. The number of thiazole rings is 1. The van der Waals surface area contributed by atoms with E-state index in [1.165, 1.54) is 28.0 Å². The van der Waals surface area contributed by atoms with Crippen molar-refractivity contribution in [2.24, 2.45) is 11.8 Å². The van der Waals surface area contributed by atoms with E-state index in [0.29, 0.717) is 35.2 Å². The molecule has 1 aromatic heterocycles. The van der Waals surface area contributed by atoms with Gasteiger partial charge in [0.25, 0.3) is 5.91 Å². The van der Waals surface area contributed by atoms with Crippen LogP contribution in [-0.2, 0) is 9.59 Å². The molecule has 12 heteroatoms. The largest absolute Gasteiger partial charge is 0.477 e. The Bertz CT molecular complexity index is 985. The molecule has 33 heavy (non-hydrogen) atoms. The number of nitrogens with one attached hydrogen (secondary N) is 1. The van der Waals surface area contributed by atoms with Gasteiger partial charge in [-0.2, -0.15) is 0 Å². The number of thioether (sulfide) groups is 1. The number of fused-ring (bicyclic) bond motifs is 1. The summed E-state index contributed by atoms with van der Waals surface area (Å²) in [7, 11) is 0. The van der Waals surface area contributed by atoms with Gasteiger partial charge in [0.1, 0.15) is 11.4 Å². The van der Waals surface area contributed by atoms with Gasteiger partial charge in [0.05, 0.1) is 30.7 Å². The predicted molar refractivity (Wildman–Crippen MR) is 124 cm³/mol. The molecule has 10 nitrogen and oxygen atoms in total. The van der Waals surface area contributed by atoms with Gasteiger partial charge >= 0.3 is 5.97 Å². The van der Waals surface area contributed by atoms with Crippen LogP contribution >= 0.6 is 23.1 Å². The minimum Gasteiger partial charge on any atom is -0.477 e. The number of rotatable bonds is 9. The standard InChI is InChI=1S/C21H28N4O6S2/c1-4-11(7-26)22-18(28)13-8-32-21(23-13)24-5-12(6-24)33-17-9(2)15-14(10(3)27)19(29)25(15)16(17)20(30)31/h8-12,14-15,26-27H,4-7H2,1-3H3,(H,22,28)(H,30,31)/t9-,10-,11+,14?,15?/m1/s1. The Balaban J connectivity index is 1.39. The van der Waals surface area contributed by atoms with Crippen LogP contribution in [0.2, 0.25) is 0 Å². The van der Waals surface area contributed by atoms with Crippen LogP contribution in [-0.4, -0.2) is 86.1 Å². The fourth-order valence-corrected chi connectivity index (χ4v) is 6.92. The summed E-state index contributed by atoms with van der Waals surface area (Å²) in [5.41, 5.74) is 0.353. The number of aliphatic carboxylic acids is 1. The minimum atomic E-state index is -1.12. The lowest BCUT2D eigenvalue weighted by atomic mass is 9.79. The molecule has 3 aliphatic heterocycles. The van der Waals surface area contributed by atoms with E-state index >= 15 is 0 Å². The highest BCUT2D eigenvalue weighted by molar-refractivity contribution is 8.03. The third-order valence-corrected chi connectivity index (χ3v) is 8.85. The molecule has 5 atom stereocenters. The van der Waals surface area contributed by atoms with Crippen molar-refractivity contribution in [3.63, 3.8) is 0 Å². The summed E-state index contributed by atoms with van der Waals surface area (Å²) < 4.78 is 0. The van der Waals surface area contributed by atoms with Gasteiger partial charge in [-0.15, -0.1) is 23.1 Å². The van der Waals surface area contributed by atoms with Crippen molar-refractivity contribution in [3.8, 4) is 0 Å². The maximum absolute atomic E-state index is 12.5. The molecule has 0 saturated carbocycles. The van der Waals surface area contributed by atoms with E-state index in [1.807, 2.05) is 18.7 Å². The highest BCUT2D eigenvalue weighted by Gasteiger charge is 2.60. The number of carbonyl (C=O) groups is 3. The van der Waals surface area contributed by atoms with Crippen LogP contribution in [0.4, 0.5) is 5.13 Å². The summed E-state index contributed by atoms with van der Waals surface area (Å²) in [6.45, 7) is 6.53. The first-order chi connectivity index (χ1) is 15.7. The van der Waals surface area contributed by atoms with Crippen LogP contribution in [0.1, 0.15) is 37.7 Å². The fraction of sp³-hybridized carbons (Fsp3) is 0.619. The summed E-state index contributed by atoms with van der Waals surface area (Å²) in [5.74, 6) is -2.48. The van der Waals surface area contributed by atoms with Gasteiger partial charge in [0, 0.05) is 34.5 Å². The molecule has 4 heterocycles. The van der Waals surface area contributed by atoms with Crippen molar-refractivity contribution >= 4 is 46.0 Å². The molecule has 2 amide bonds. The predicted octanol–water partition coefficient (Wildman–Crippen LogP) is 0.719. The molecule has 0 radical (unpaired) electrons. The maximum atomic E-state index is 12.5. The van der Waals surface area contributed by atoms with Crippen LogP contribution in [0.15, 0.2) is 16.0 Å². The number of aromatic nitrogens is 1. The SMILES string of the molecule is CC[C@@H](CO)NC(=O)c1csc(N2CC(SC3=C(C(=O)O)N4C(=O)C([C@@H](C)O)C4[C@H]3C)C2)n1. The number of anilines is 1. The molecule has 2 fully saturated rings. The van der Waals surface area contributed by atoms with E-state index in [4.69, 9.17) is 0 Å². The van der Waals surface area contributed by atoms with E-state index in [1.54, 1.807) is 12.3 Å². The number of carbonyl (C=O) groups excluding carboxylic acids is 2. The maximum Gasteiger partial charge on any atom is 0.353 e. The molecule has 0 aliphatic carbocycles. The zero-order chi connectivity index (χ0) is 24.0. The Morgan fingerprint density at radius 2 is 2.09 bits per heavy atom. The lowest BCUT2D eigenvalue weighted by Gasteiger charge is -2.46. The third kappa shape index (κ3) is 4.13. The summed E-state index contributed by atoms with van der Waals surface area (Å²) in [4.78, 5) is 45.1. The molecular formula is C21H28N4O6S2. The minimum absolute atomic E-state index is 0.0421. The molecule has 2 unspecified atom stereocenters. The number of carboxylic acids is 1. The lowest BCUT2D eigenvalue weighted by Crippen LogP contribution is -2.63. The average Bonchev–Trinajstić information content (AvgIpc) is 3.30. The molecular weight excluding hydrogens is 468 g/mol. The quantitative estimate of drug-likeness (QED) is 0.364. The second kappa shape index (κ2) is 9.24. The van der Waals surface area contributed by atoms with Gasteiger partial charge < -0.3 is 30.4 Å². The van der Waals surface area contributed by atoms with Gasteiger partial charge in [0.2, 0.25) is 5.91 Å². The van der Waals surface area contributed by atoms with Gasteiger partial charge in [-0.3, -0.25) is 9.59 Å². The Labute approximate surface area is 199 Å². The molecule has 1 aromatic rings. The Kier molecular flexibility index (Phi) is 6.72. The summed E-state index contributed by atoms with van der Waals surface area (Å²) in [5, 5.41) is 34.3. The number of nitrogens with zero attached hydrogens (tertiary/aromatic N) is 3. The monoisotopic (exact) mass is 496 g/mol. The first kappa shape index (κ1) is 24.0. The first-order valence-electron chi connectivity index (χ1n) is 10.9. The van der Waals surface area contributed by atoms with Crippen molar-refractivity contribution in [1.82, 2.24) is 15.2 Å². The summed E-state index contributed by atoms with van der Waals surface area (Å²) in [6, 6.07) is -0.614. The van der Waals surface area contributed by atoms with Crippen molar-refractivity contribution < 1.29 is 29.7 Å². The van der Waals surface area contributed by atoms with E-state index < -0.39 is 18.0 Å². The topological polar surface area (TPSA) is 143 Å². The second-order valence-corrected chi connectivity index (χ2v) is 10.9. The molecule has 0 aromatic carbocycles. The van der Waals surface area contributed by atoms with Crippen LogP contribution in [0.3, 0.4) is 0 Å². The summed E-state index contributed by atoms with van der Waals surface area (Å²) in [6.07, 6.45) is -0.195. The van der Waals surface area contributed by atoms with E-state index in [-0.39, 0.29) is 47.4 Å². The highest BCUT2D eigenvalue weighted by Crippen LogP contribution is 2.52. The average molecular weight is 497 g/mol. The molecule has 3 aliphatic rings. The van der Waals surface area contributed by atoms with Crippen molar-refractivity contribution in [2.45, 2.75) is 50.6 Å². The normalized spacial score (nSPS) is 26.6. The highest BCUT2D eigenvalue weighted by atomic mass is 32.2. The van der Waals surface area contributed by atoms with Crippen molar-refractivity contribution in [2.75, 3.05) is 24.6 Å². The number of β-lactam (4-membered cyclic amide) rings is 1. The third-order valence-electron chi connectivity index (χ3n) is 6.50. The van der Waals surface area contributed by atoms with Gasteiger partial charge in [-0.1, -0.05) is 13.8 Å². The van der Waals surface area contributed by atoms with Gasteiger partial charge in [-0.25, -0.2) is 9.78 Å². The number of aliphatic hydroxyl groups is 2. The smallest absolute Gasteiger partial charge is 0.353 e. The number of amides is 2. The Hall–Kier alpha value is -2.15. The Morgan fingerprint density at radius 3 is 2.67 bits per heavy atom. The molecule has 4 rings (SSSR count). The van der Waals surface area contributed by atoms with E-state index in [0.717, 1.165) is 0 Å². The van der Waals surface area contributed by atoms with Gasteiger partial charge in [0.15, 0.2) is 5.13 Å². The molecule has 4 N–H and O–H groups in total. The summed E-state index contributed by atoms with van der Waals surface area (Å²) >= 11 is 2.84. The molecule has 0 spiro atoms. The zero-order valence-electron chi connectivity index (χ0n) is 18.6. The van der Waals surface area contributed by atoms with Crippen LogP contribution < -0.4 is 10.2 Å². The molecule has 0 bridgehead atoms. The van der Waals surface area contributed by atoms with E-state index in [9.17, 15) is 29.7 Å². The van der Waals surface area contributed by atoms with Crippen molar-refractivity contribution in [3.05, 3.63) is 21.7 Å². The van der Waals surface area contributed by atoms with E-state index in [2.05, 4.69) is 10.3 Å². The Morgan fingerprint density at radius 1 is 1.39 bits per heavy atom. The first-order valence-corrected chi connectivity index (χ1v) is 12.7. The van der Waals surface area contributed by atoms with Crippen LogP contribution in [0, 0.1) is 11.8 Å². The zero-order valence-corrected chi connectivity index (χ0v) is 20.2. The molecule has 180 valence electrons. The van der Waals surface area contributed by atoms with Crippen molar-refractivity contribution in [1.29, 1.82) is 0 Å². The number of hydrogen-bond donors (Lipinski definition) is 4. The number of carboxylic acid groups (broad SMARTS) is 1. The second-order valence-electron chi connectivity index (χ2n) is 8.69. The van der Waals surface area contributed by atoms with Crippen LogP contribution in [0.25, 0.3) is 0 Å². The fourth-order valence-electron chi connectivity index (χ4n) is 4.58. The lowest BCUT2D eigenvalue weighted by molar-refractivity contribution is -0.163. The molecule has 2 saturated heterocycles. The number of hydrogen-bond acceptors (Lipinski definition) is 9. The van der Waals surface area contributed by atoms with Crippen LogP contribution in [0.5, 0.6) is 0 Å².